The first-order valence-corrected chi connectivity index (χ1v) is 6.03. The van der Waals surface area contributed by atoms with Crippen LogP contribution in [0.5, 0.6) is 0 Å². The van der Waals surface area contributed by atoms with Gasteiger partial charge in [0.05, 0.1) is 12.7 Å². The van der Waals surface area contributed by atoms with Gasteiger partial charge in [0, 0.05) is 11.6 Å². The third kappa shape index (κ3) is 2.37. The van der Waals surface area contributed by atoms with E-state index >= 15 is 0 Å². The van der Waals surface area contributed by atoms with E-state index in [9.17, 15) is 9.59 Å². The number of esters is 1. The van der Waals surface area contributed by atoms with Crippen molar-refractivity contribution in [3.05, 3.63) is 29.3 Å². The minimum atomic E-state index is -0.386. The fourth-order valence-corrected chi connectivity index (χ4v) is 2.02. The highest BCUT2D eigenvalue weighted by molar-refractivity contribution is 5.98. The predicted molar refractivity (Wildman–Crippen MR) is 68.4 cm³/mol. The van der Waals surface area contributed by atoms with Crippen molar-refractivity contribution in [2.75, 3.05) is 12.4 Å². The highest BCUT2D eigenvalue weighted by atomic mass is 16.5. The van der Waals surface area contributed by atoms with Crippen molar-refractivity contribution < 1.29 is 14.3 Å². The van der Waals surface area contributed by atoms with Crippen LogP contribution in [0.15, 0.2) is 18.2 Å². The fourth-order valence-electron chi connectivity index (χ4n) is 2.02. The molecule has 0 aromatic heterocycles. The minimum absolute atomic E-state index is 0.0348. The van der Waals surface area contributed by atoms with Gasteiger partial charge in [-0.1, -0.05) is 13.0 Å². The number of carbonyl (C=O) groups is 2. The summed E-state index contributed by atoms with van der Waals surface area (Å²) >= 11 is 0. The summed E-state index contributed by atoms with van der Waals surface area (Å²) in [6.07, 6.45) is 0.946. The summed E-state index contributed by atoms with van der Waals surface area (Å²) in [5, 5.41) is 2.88. The maximum atomic E-state index is 11.9. The summed E-state index contributed by atoms with van der Waals surface area (Å²) < 4.78 is 4.70. The maximum absolute atomic E-state index is 11.9. The molecule has 0 radical (unpaired) electrons. The number of amides is 1. The van der Waals surface area contributed by atoms with Crippen LogP contribution in [-0.2, 0) is 9.53 Å². The Hall–Kier alpha value is -1.84. The molecule has 1 aliphatic rings. The van der Waals surface area contributed by atoms with E-state index in [1.54, 1.807) is 25.1 Å². The summed E-state index contributed by atoms with van der Waals surface area (Å²) in [6, 6.07) is 5.23. The fraction of sp³-hybridized carbons (Fsp3) is 0.429. The summed E-state index contributed by atoms with van der Waals surface area (Å²) in [7, 11) is 1.35. The second-order valence-corrected chi connectivity index (χ2v) is 4.78. The molecular formula is C14H17NO3. The van der Waals surface area contributed by atoms with Crippen molar-refractivity contribution in [1.29, 1.82) is 0 Å². The Morgan fingerprint density at radius 1 is 1.39 bits per heavy atom. The normalized spacial score (nSPS) is 21.3. The largest absolute Gasteiger partial charge is 0.465 e. The first-order chi connectivity index (χ1) is 8.54. The lowest BCUT2D eigenvalue weighted by molar-refractivity contribution is -0.117. The molecule has 0 bridgehead atoms. The Kier molecular flexibility index (Phi) is 3.36. The lowest BCUT2D eigenvalue weighted by Gasteiger charge is -2.11. The molecule has 2 rings (SSSR count). The van der Waals surface area contributed by atoms with Gasteiger partial charge >= 0.3 is 5.97 Å². The summed E-state index contributed by atoms with van der Waals surface area (Å²) in [5.74, 6) is 0.233. The van der Waals surface area contributed by atoms with E-state index in [0.29, 0.717) is 17.2 Å². The number of anilines is 1. The second kappa shape index (κ2) is 4.80. The number of methoxy groups -OCH3 is 1. The Morgan fingerprint density at radius 3 is 2.61 bits per heavy atom. The Labute approximate surface area is 106 Å². The topological polar surface area (TPSA) is 55.4 Å². The molecule has 0 aliphatic heterocycles. The van der Waals surface area contributed by atoms with Gasteiger partial charge < -0.3 is 10.1 Å². The second-order valence-electron chi connectivity index (χ2n) is 4.78. The summed E-state index contributed by atoms with van der Waals surface area (Å²) in [6.45, 7) is 3.86. The van der Waals surface area contributed by atoms with E-state index < -0.39 is 0 Å². The summed E-state index contributed by atoms with van der Waals surface area (Å²) in [4.78, 5) is 23.4. The molecule has 96 valence electrons. The molecule has 4 heteroatoms. The molecule has 1 N–H and O–H groups in total. The van der Waals surface area contributed by atoms with E-state index in [0.717, 1.165) is 12.0 Å². The van der Waals surface area contributed by atoms with Crippen LogP contribution < -0.4 is 5.32 Å². The van der Waals surface area contributed by atoms with Crippen LogP contribution in [0.2, 0.25) is 0 Å². The van der Waals surface area contributed by atoms with Gasteiger partial charge in [-0.2, -0.15) is 0 Å². The van der Waals surface area contributed by atoms with Gasteiger partial charge in [-0.05, 0) is 37.0 Å². The quantitative estimate of drug-likeness (QED) is 0.834. The first-order valence-electron chi connectivity index (χ1n) is 6.03. The van der Waals surface area contributed by atoms with Crippen LogP contribution in [0.4, 0.5) is 5.69 Å². The molecule has 0 unspecified atom stereocenters. The Bertz CT molecular complexity index is 496. The lowest BCUT2D eigenvalue weighted by atomic mass is 10.1. The Balaban J connectivity index is 2.18. The number of nitrogens with one attached hydrogen (secondary N) is 1. The third-order valence-electron chi connectivity index (χ3n) is 3.44. The van der Waals surface area contributed by atoms with Gasteiger partial charge in [0.15, 0.2) is 0 Å². The van der Waals surface area contributed by atoms with Crippen LogP contribution in [0.3, 0.4) is 0 Å². The molecule has 0 heterocycles. The lowest BCUT2D eigenvalue weighted by Crippen LogP contribution is -2.16. The van der Waals surface area contributed by atoms with E-state index in [-0.39, 0.29) is 17.8 Å². The maximum Gasteiger partial charge on any atom is 0.338 e. The van der Waals surface area contributed by atoms with Gasteiger partial charge in [0.25, 0.3) is 0 Å². The van der Waals surface area contributed by atoms with E-state index in [1.165, 1.54) is 7.11 Å². The molecule has 1 aromatic carbocycles. The molecule has 0 saturated heterocycles. The van der Waals surface area contributed by atoms with Gasteiger partial charge in [0.2, 0.25) is 5.91 Å². The predicted octanol–water partition coefficient (Wildman–Crippen LogP) is 2.38. The Morgan fingerprint density at radius 2 is 2.06 bits per heavy atom. The molecule has 2 atom stereocenters. The van der Waals surface area contributed by atoms with Crippen molar-refractivity contribution in [2.45, 2.75) is 20.3 Å². The number of benzene rings is 1. The molecule has 1 amide bonds. The zero-order chi connectivity index (χ0) is 13.3. The van der Waals surface area contributed by atoms with Crippen LogP contribution >= 0.6 is 0 Å². The minimum Gasteiger partial charge on any atom is -0.465 e. The van der Waals surface area contributed by atoms with Crippen LogP contribution in [-0.4, -0.2) is 19.0 Å². The zero-order valence-electron chi connectivity index (χ0n) is 10.8. The van der Waals surface area contributed by atoms with Crippen LogP contribution in [0, 0.1) is 18.8 Å². The molecular weight excluding hydrogens is 230 g/mol. The highest BCUT2D eigenvalue weighted by Gasteiger charge is 2.39. The number of hydrogen-bond donors (Lipinski definition) is 1. The molecule has 0 spiro atoms. The van der Waals surface area contributed by atoms with Crippen molar-refractivity contribution in [3.8, 4) is 0 Å². The van der Waals surface area contributed by atoms with Gasteiger partial charge in [0.1, 0.15) is 0 Å². The van der Waals surface area contributed by atoms with Crippen LogP contribution in [0.25, 0.3) is 0 Å². The van der Waals surface area contributed by atoms with Gasteiger partial charge in [-0.3, -0.25) is 4.79 Å². The standard InChI is InChI=1S/C14H17NO3/c1-8-7-11(8)13(16)15-12-6-4-5-10(9(12)2)14(17)18-3/h4-6,8,11H,7H2,1-3H3,(H,15,16)/t8-,11+/m1/s1. The number of hydrogen-bond acceptors (Lipinski definition) is 3. The van der Waals surface area contributed by atoms with Crippen molar-refractivity contribution in [2.24, 2.45) is 11.8 Å². The van der Waals surface area contributed by atoms with E-state index in [4.69, 9.17) is 4.74 Å². The summed E-state index contributed by atoms with van der Waals surface area (Å²) in [5.41, 5.74) is 1.91. The van der Waals surface area contributed by atoms with Crippen molar-refractivity contribution in [1.82, 2.24) is 0 Å². The van der Waals surface area contributed by atoms with Crippen molar-refractivity contribution in [3.63, 3.8) is 0 Å². The monoisotopic (exact) mass is 247 g/mol. The highest BCUT2D eigenvalue weighted by Crippen LogP contribution is 2.38. The smallest absolute Gasteiger partial charge is 0.338 e. The van der Waals surface area contributed by atoms with Gasteiger partial charge in [-0.25, -0.2) is 4.79 Å². The number of carbonyl (C=O) groups excluding carboxylic acids is 2. The number of rotatable bonds is 3. The third-order valence-corrected chi connectivity index (χ3v) is 3.44. The van der Waals surface area contributed by atoms with E-state index in [1.807, 2.05) is 0 Å². The molecule has 1 fully saturated rings. The molecule has 4 nitrogen and oxygen atoms in total. The SMILES string of the molecule is COC(=O)c1cccc(NC(=O)[C@H]2C[C@H]2C)c1C. The average molecular weight is 247 g/mol. The zero-order valence-corrected chi connectivity index (χ0v) is 10.8. The first kappa shape index (κ1) is 12.6. The van der Waals surface area contributed by atoms with Gasteiger partial charge in [-0.15, -0.1) is 0 Å². The van der Waals surface area contributed by atoms with Crippen LogP contribution in [0.1, 0.15) is 29.3 Å². The molecule has 18 heavy (non-hydrogen) atoms. The molecule has 1 aromatic rings. The van der Waals surface area contributed by atoms with Crippen molar-refractivity contribution >= 4 is 17.6 Å². The molecule has 1 saturated carbocycles. The number of ether oxygens (including phenoxy) is 1. The average Bonchev–Trinajstić information content (AvgIpc) is 3.08. The molecule has 1 aliphatic carbocycles. The van der Waals surface area contributed by atoms with E-state index in [2.05, 4.69) is 12.2 Å².